The Balaban J connectivity index is 1.36. The highest BCUT2D eigenvalue weighted by molar-refractivity contribution is 5.95. The number of oxazole rings is 1. The predicted octanol–water partition coefficient (Wildman–Crippen LogP) is 2.84. The van der Waals surface area contributed by atoms with Crippen LogP contribution < -0.4 is 27.0 Å². The molecule has 1 fully saturated rings. The van der Waals surface area contributed by atoms with Gasteiger partial charge in [-0.25, -0.2) is 14.8 Å². The lowest BCUT2D eigenvalue weighted by molar-refractivity contribution is 0.436. The molecule has 0 spiro atoms. The van der Waals surface area contributed by atoms with Gasteiger partial charge in [-0.3, -0.25) is 10.7 Å². The van der Waals surface area contributed by atoms with E-state index < -0.39 is 11.4 Å². The maximum absolute atomic E-state index is 11.5. The molecule has 2 aliphatic rings. The van der Waals surface area contributed by atoms with Crippen LogP contribution in [-0.2, 0) is 5.66 Å². The van der Waals surface area contributed by atoms with Gasteiger partial charge >= 0.3 is 5.76 Å². The molecule has 1 aromatic carbocycles. The van der Waals surface area contributed by atoms with E-state index >= 15 is 0 Å². The van der Waals surface area contributed by atoms with Gasteiger partial charge in [0.15, 0.2) is 11.2 Å². The molecule has 0 saturated carbocycles. The van der Waals surface area contributed by atoms with Crippen LogP contribution in [-0.4, -0.2) is 29.0 Å². The van der Waals surface area contributed by atoms with E-state index in [1.165, 1.54) is 12.8 Å². The molecule has 4 heterocycles. The lowest BCUT2D eigenvalue weighted by Gasteiger charge is -2.32. The number of hydrogen-bond donors (Lipinski definition) is 4. The van der Waals surface area contributed by atoms with Gasteiger partial charge in [0.05, 0.1) is 17.4 Å². The molecule has 1 unspecified atom stereocenters. The van der Waals surface area contributed by atoms with E-state index in [9.17, 15) is 4.79 Å². The van der Waals surface area contributed by atoms with Crippen LogP contribution in [0.1, 0.15) is 32.3 Å². The number of nitrogens with one attached hydrogen (secondary N) is 3. The van der Waals surface area contributed by atoms with Gasteiger partial charge in [-0.05, 0) is 55.5 Å². The molecule has 0 bridgehead atoms. The van der Waals surface area contributed by atoms with Crippen molar-refractivity contribution >= 4 is 28.6 Å². The average molecular weight is 434 g/mol. The van der Waals surface area contributed by atoms with Crippen molar-refractivity contribution in [2.24, 2.45) is 16.6 Å². The van der Waals surface area contributed by atoms with Gasteiger partial charge < -0.3 is 20.0 Å². The van der Waals surface area contributed by atoms with Gasteiger partial charge in [0.2, 0.25) is 5.96 Å². The monoisotopic (exact) mass is 433 g/mol. The minimum atomic E-state index is -1.09. The number of H-pyrrole nitrogens is 1. The fourth-order valence-corrected chi connectivity index (χ4v) is 4.15. The molecule has 3 aromatic rings. The lowest BCUT2D eigenvalue weighted by atomic mass is 9.93. The van der Waals surface area contributed by atoms with Crippen molar-refractivity contribution in [1.29, 1.82) is 0 Å². The van der Waals surface area contributed by atoms with Crippen LogP contribution in [0, 0.1) is 5.92 Å². The minimum absolute atomic E-state index is 0.481. The maximum atomic E-state index is 11.5. The first kappa shape index (κ1) is 20.3. The fourth-order valence-electron chi connectivity index (χ4n) is 4.15. The first-order chi connectivity index (χ1) is 15.4. The predicted molar refractivity (Wildman–Crippen MR) is 125 cm³/mol. The van der Waals surface area contributed by atoms with Crippen LogP contribution >= 0.6 is 0 Å². The van der Waals surface area contributed by atoms with Crippen LogP contribution in [0.4, 0.5) is 11.5 Å². The Morgan fingerprint density at radius 1 is 1.25 bits per heavy atom. The zero-order valence-electron chi connectivity index (χ0n) is 18.2. The summed E-state index contributed by atoms with van der Waals surface area (Å²) in [6.45, 7) is 6.30. The number of aromatic nitrogens is 2. The van der Waals surface area contributed by atoms with Gasteiger partial charge in [-0.15, -0.1) is 0 Å². The summed E-state index contributed by atoms with van der Waals surface area (Å²) < 4.78 is 5.09. The quantitative estimate of drug-likeness (QED) is 0.501. The van der Waals surface area contributed by atoms with Gasteiger partial charge in [0, 0.05) is 24.9 Å². The molecule has 1 atom stereocenters. The second-order valence-electron chi connectivity index (χ2n) is 8.62. The Kier molecular flexibility index (Phi) is 4.97. The number of pyridine rings is 1. The van der Waals surface area contributed by atoms with E-state index in [1.807, 2.05) is 37.5 Å². The van der Waals surface area contributed by atoms with E-state index in [2.05, 4.69) is 32.4 Å². The number of hydrogen-bond acceptors (Lipinski definition) is 8. The maximum Gasteiger partial charge on any atom is 0.417 e. The molecular formula is C23H27N7O2. The molecule has 9 heteroatoms. The first-order valence-electron chi connectivity index (χ1n) is 10.8. The fraction of sp³-hybridized carbons (Fsp3) is 0.348. The molecule has 9 nitrogen and oxygen atoms in total. The number of aliphatic imine (C=N–C) groups is 1. The van der Waals surface area contributed by atoms with Crippen molar-refractivity contribution in [2.45, 2.75) is 32.4 Å². The molecular weight excluding hydrogens is 406 g/mol. The van der Waals surface area contributed by atoms with Crippen LogP contribution in [0.25, 0.3) is 11.1 Å². The number of anilines is 2. The summed E-state index contributed by atoms with van der Waals surface area (Å²) in [7, 11) is 0. The van der Waals surface area contributed by atoms with Gasteiger partial charge in [0.1, 0.15) is 5.82 Å². The second kappa shape index (κ2) is 7.83. The number of nitrogens with zero attached hydrogens (tertiary/aromatic N) is 3. The molecule has 32 heavy (non-hydrogen) atoms. The highest BCUT2D eigenvalue weighted by Crippen LogP contribution is 2.31. The van der Waals surface area contributed by atoms with E-state index in [0.29, 0.717) is 17.1 Å². The Bertz CT molecular complexity index is 1250. The summed E-state index contributed by atoms with van der Waals surface area (Å²) in [5.41, 5.74) is 9.08. The molecule has 5 rings (SSSR count). The highest BCUT2D eigenvalue weighted by Gasteiger charge is 2.33. The number of nitrogens with two attached hydrogens (primary N) is 1. The first-order valence-corrected chi connectivity index (χ1v) is 10.8. The van der Waals surface area contributed by atoms with E-state index in [1.54, 1.807) is 12.1 Å². The van der Waals surface area contributed by atoms with Crippen LogP contribution in [0.5, 0.6) is 0 Å². The SMILES string of the molecule is CC1=CNC(Nc2ccc(N3CCC(C)CC3)nc2)=NC1(N)c1ccc2oc(=O)[nH]c2c1. The zero-order valence-corrected chi connectivity index (χ0v) is 18.2. The summed E-state index contributed by atoms with van der Waals surface area (Å²) >= 11 is 0. The lowest BCUT2D eigenvalue weighted by Crippen LogP contribution is -2.44. The second-order valence-corrected chi connectivity index (χ2v) is 8.62. The normalized spacial score (nSPS) is 21.8. The third kappa shape index (κ3) is 3.75. The zero-order chi connectivity index (χ0) is 22.3. The van der Waals surface area contributed by atoms with Crippen molar-refractivity contribution in [3.05, 3.63) is 64.4 Å². The van der Waals surface area contributed by atoms with Crippen molar-refractivity contribution in [1.82, 2.24) is 15.3 Å². The molecule has 0 aliphatic carbocycles. The summed E-state index contributed by atoms with van der Waals surface area (Å²) in [6, 6.07) is 9.36. The average Bonchev–Trinajstić information content (AvgIpc) is 3.17. The highest BCUT2D eigenvalue weighted by atomic mass is 16.4. The number of guanidine groups is 1. The largest absolute Gasteiger partial charge is 0.417 e. The van der Waals surface area contributed by atoms with E-state index in [4.69, 9.17) is 15.1 Å². The van der Waals surface area contributed by atoms with E-state index in [0.717, 1.165) is 41.6 Å². The van der Waals surface area contributed by atoms with Crippen molar-refractivity contribution in [3.63, 3.8) is 0 Å². The standard InChI is InChI=1S/C23H27N7O2/c1-14-7-9-30(10-8-14)20-6-4-17(13-25-20)27-21-26-12-15(2)23(24,29-21)16-3-5-19-18(11-16)28-22(31)32-19/h3-6,11-14H,7-10,24H2,1-2H3,(H,28,31)(H2,26,27,29). The summed E-state index contributed by atoms with van der Waals surface area (Å²) in [6.07, 6.45) is 6.04. The number of piperidine rings is 1. The van der Waals surface area contributed by atoms with Crippen molar-refractivity contribution in [2.75, 3.05) is 23.3 Å². The Morgan fingerprint density at radius 3 is 2.81 bits per heavy atom. The molecule has 2 aliphatic heterocycles. The Hall–Kier alpha value is -3.59. The van der Waals surface area contributed by atoms with Crippen LogP contribution in [0.3, 0.4) is 0 Å². The number of rotatable bonds is 3. The number of aromatic amines is 1. The minimum Gasteiger partial charge on any atom is -0.408 e. The van der Waals surface area contributed by atoms with Gasteiger partial charge in [-0.1, -0.05) is 13.0 Å². The molecule has 5 N–H and O–H groups in total. The van der Waals surface area contributed by atoms with E-state index in [-0.39, 0.29) is 0 Å². The molecule has 0 amide bonds. The Morgan fingerprint density at radius 2 is 2.06 bits per heavy atom. The third-order valence-corrected chi connectivity index (χ3v) is 6.29. The molecule has 2 aromatic heterocycles. The molecule has 166 valence electrons. The van der Waals surface area contributed by atoms with Crippen molar-refractivity contribution < 1.29 is 4.42 Å². The van der Waals surface area contributed by atoms with Gasteiger partial charge in [0.25, 0.3) is 0 Å². The summed E-state index contributed by atoms with van der Waals surface area (Å²) in [4.78, 5) is 25.9. The smallest absolute Gasteiger partial charge is 0.408 e. The molecule has 0 radical (unpaired) electrons. The molecule has 1 saturated heterocycles. The number of fused-ring (bicyclic) bond motifs is 1. The van der Waals surface area contributed by atoms with Crippen molar-refractivity contribution in [3.8, 4) is 0 Å². The van der Waals surface area contributed by atoms with Crippen LogP contribution in [0.15, 0.2) is 62.5 Å². The van der Waals surface area contributed by atoms with Gasteiger partial charge in [-0.2, -0.15) is 0 Å². The third-order valence-electron chi connectivity index (χ3n) is 6.29. The van der Waals surface area contributed by atoms with Crippen LogP contribution in [0.2, 0.25) is 0 Å². The Labute approximate surface area is 185 Å². The summed E-state index contributed by atoms with van der Waals surface area (Å²) in [5, 5.41) is 6.41. The topological polar surface area (TPSA) is 125 Å². The summed E-state index contributed by atoms with van der Waals surface area (Å²) in [5.74, 6) is 1.79. The number of benzene rings is 1.